The van der Waals surface area contributed by atoms with E-state index in [4.69, 9.17) is 0 Å². The molecule has 1 aliphatic heterocycles. The van der Waals surface area contributed by atoms with Gasteiger partial charge < -0.3 is 5.32 Å². The first-order chi connectivity index (χ1) is 8.74. The average Bonchev–Trinajstić information content (AvgIpc) is 2.79. The van der Waals surface area contributed by atoms with Crippen LogP contribution in [0.15, 0.2) is 43.0 Å². The van der Waals surface area contributed by atoms with Gasteiger partial charge in [0.05, 0.1) is 0 Å². The molecule has 18 heavy (non-hydrogen) atoms. The van der Waals surface area contributed by atoms with Crippen LogP contribution in [0.1, 0.15) is 12.8 Å². The van der Waals surface area contributed by atoms with E-state index in [0.717, 1.165) is 5.69 Å². The van der Waals surface area contributed by atoms with Gasteiger partial charge in [-0.3, -0.25) is 14.5 Å². The number of para-hydroxylation sites is 1. The number of nitrogens with zero attached hydrogens (tertiary/aromatic N) is 1. The molecule has 1 aromatic carbocycles. The van der Waals surface area contributed by atoms with Gasteiger partial charge >= 0.3 is 0 Å². The molecule has 4 nitrogen and oxygen atoms in total. The highest BCUT2D eigenvalue weighted by Gasteiger charge is 2.36. The van der Waals surface area contributed by atoms with Gasteiger partial charge in [-0.1, -0.05) is 24.3 Å². The van der Waals surface area contributed by atoms with Gasteiger partial charge in [0.1, 0.15) is 6.04 Å². The zero-order valence-corrected chi connectivity index (χ0v) is 10.1. The molecule has 2 rings (SSSR count). The number of hydrogen-bond acceptors (Lipinski definition) is 2. The lowest BCUT2D eigenvalue weighted by molar-refractivity contribution is -0.123. The van der Waals surface area contributed by atoms with Crippen molar-refractivity contribution in [2.75, 3.05) is 11.4 Å². The Bertz CT molecular complexity index is 456. The van der Waals surface area contributed by atoms with Crippen LogP contribution in [0, 0.1) is 0 Å². The highest BCUT2D eigenvalue weighted by atomic mass is 16.2. The second-order valence-electron chi connectivity index (χ2n) is 4.19. The molecule has 1 aromatic rings. The van der Waals surface area contributed by atoms with Crippen molar-refractivity contribution in [3.63, 3.8) is 0 Å². The monoisotopic (exact) mass is 244 g/mol. The molecule has 1 heterocycles. The third-order valence-electron chi connectivity index (χ3n) is 2.97. The summed E-state index contributed by atoms with van der Waals surface area (Å²) in [6.07, 6.45) is 2.61. The van der Waals surface area contributed by atoms with E-state index in [-0.39, 0.29) is 11.8 Å². The molecule has 94 valence electrons. The second-order valence-corrected chi connectivity index (χ2v) is 4.19. The van der Waals surface area contributed by atoms with Gasteiger partial charge in [0.2, 0.25) is 11.8 Å². The smallest absolute Gasteiger partial charge is 0.243 e. The lowest BCUT2D eigenvalue weighted by Gasteiger charge is -2.23. The number of nitrogens with one attached hydrogen (secondary N) is 1. The van der Waals surface area contributed by atoms with Crippen LogP contribution in [0.25, 0.3) is 0 Å². The van der Waals surface area contributed by atoms with Crippen molar-refractivity contribution in [1.82, 2.24) is 5.32 Å². The summed E-state index contributed by atoms with van der Waals surface area (Å²) in [5.41, 5.74) is 0.777. The quantitative estimate of drug-likeness (QED) is 0.816. The predicted molar refractivity (Wildman–Crippen MR) is 70.2 cm³/mol. The van der Waals surface area contributed by atoms with Gasteiger partial charge in [0.15, 0.2) is 0 Å². The summed E-state index contributed by atoms with van der Waals surface area (Å²) in [6.45, 7) is 3.98. The van der Waals surface area contributed by atoms with Crippen molar-refractivity contribution in [3.8, 4) is 0 Å². The Hall–Kier alpha value is -2.10. The minimum Gasteiger partial charge on any atom is -0.351 e. The number of amides is 2. The standard InChI is InChI=1S/C14H16N2O2/c1-2-10-15-14(18)12-8-9-13(17)16(12)11-6-4-3-5-7-11/h2-7,12H,1,8-10H2,(H,15,18). The third-order valence-corrected chi connectivity index (χ3v) is 2.97. The zero-order valence-electron chi connectivity index (χ0n) is 10.1. The minimum absolute atomic E-state index is 0.0000435. The summed E-state index contributed by atoms with van der Waals surface area (Å²) < 4.78 is 0. The van der Waals surface area contributed by atoms with Crippen LogP contribution in [0.3, 0.4) is 0 Å². The third kappa shape index (κ3) is 2.42. The molecular formula is C14H16N2O2. The molecule has 0 saturated carbocycles. The summed E-state index contributed by atoms with van der Waals surface area (Å²) in [7, 11) is 0. The number of benzene rings is 1. The Morgan fingerprint density at radius 1 is 1.44 bits per heavy atom. The Balaban J connectivity index is 2.18. The minimum atomic E-state index is -0.403. The molecule has 0 bridgehead atoms. The van der Waals surface area contributed by atoms with Crippen LogP contribution < -0.4 is 10.2 Å². The SMILES string of the molecule is C=CCNC(=O)C1CCC(=O)N1c1ccccc1. The second kappa shape index (κ2) is 5.49. The van der Waals surface area contributed by atoms with E-state index < -0.39 is 6.04 Å². The van der Waals surface area contributed by atoms with Gasteiger partial charge in [0, 0.05) is 18.7 Å². The average molecular weight is 244 g/mol. The first kappa shape index (κ1) is 12.4. The number of carbonyl (C=O) groups is 2. The maximum atomic E-state index is 12.0. The van der Waals surface area contributed by atoms with Crippen LogP contribution >= 0.6 is 0 Å². The summed E-state index contributed by atoms with van der Waals surface area (Å²) in [6, 6.07) is 8.89. The maximum Gasteiger partial charge on any atom is 0.243 e. The molecule has 1 aliphatic rings. The molecule has 1 unspecified atom stereocenters. The molecule has 0 spiro atoms. The normalized spacial score (nSPS) is 18.8. The Morgan fingerprint density at radius 3 is 2.83 bits per heavy atom. The van der Waals surface area contributed by atoms with E-state index in [1.54, 1.807) is 11.0 Å². The number of carbonyl (C=O) groups excluding carboxylic acids is 2. The van der Waals surface area contributed by atoms with Gasteiger partial charge in [-0.2, -0.15) is 0 Å². The van der Waals surface area contributed by atoms with Gasteiger partial charge in [-0.25, -0.2) is 0 Å². The number of hydrogen-bond donors (Lipinski definition) is 1. The molecular weight excluding hydrogens is 228 g/mol. The molecule has 0 aliphatic carbocycles. The van der Waals surface area contributed by atoms with Crippen molar-refractivity contribution in [3.05, 3.63) is 43.0 Å². The highest BCUT2D eigenvalue weighted by Crippen LogP contribution is 2.26. The van der Waals surface area contributed by atoms with Gasteiger partial charge in [-0.15, -0.1) is 6.58 Å². The molecule has 0 radical (unpaired) electrons. The number of anilines is 1. The van der Waals surface area contributed by atoms with E-state index in [9.17, 15) is 9.59 Å². The van der Waals surface area contributed by atoms with Gasteiger partial charge in [-0.05, 0) is 18.6 Å². The van der Waals surface area contributed by atoms with Crippen molar-refractivity contribution >= 4 is 17.5 Å². The topological polar surface area (TPSA) is 49.4 Å². The van der Waals surface area contributed by atoms with Gasteiger partial charge in [0.25, 0.3) is 0 Å². The van der Waals surface area contributed by atoms with E-state index >= 15 is 0 Å². The van der Waals surface area contributed by atoms with Crippen LogP contribution in [0.2, 0.25) is 0 Å². The molecule has 1 atom stereocenters. The van der Waals surface area contributed by atoms with Crippen molar-refractivity contribution in [1.29, 1.82) is 0 Å². The molecule has 1 saturated heterocycles. The Morgan fingerprint density at radius 2 is 2.17 bits per heavy atom. The molecule has 0 aromatic heterocycles. The fourth-order valence-corrected chi connectivity index (χ4v) is 2.14. The van der Waals surface area contributed by atoms with E-state index in [2.05, 4.69) is 11.9 Å². The molecule has 4 heteroatoms. The van der Waals surface area contributed by atoms with Crippen LogP contribution in [-0.4, -0.2) is 24.4 Å². The molecule has 1 N–H and O–H groups in total. The van der Waals surface area contributed by atoms with Crippen molar-refractivity contribution in [2.24, 2.45) is 0 Å². The van der Waals surface area contributed by atoms with E-state index in [1.807, 2.05) is 30.3 Å². The summed E-state index contributed by atoms with van der Waals surface area (Å²) in [5, 5.41) is 2.74. The highest BCUT2D eigenvalue weighted by molar-refractivity contribution is 6.03. The summed E-state index contributed by atoms with van der Waals surface area (Å²) >= 11 is 0. The van der Waals surface area contributed by atoms with E-state index in [1.165, 1.54) is 0 Å². The molecule has 1 fully saturated rings. The van der Waals surface area contributed by atoms with Crippen molar-refractivity contribution in [2.45, 2.75) is 18.9 Å². The first-order valence-electron chi connectivity index (χ1n) is 5.99. The summed E-state index contributed by atoms with van der Waals surface area (Å²) in [5.74, 6) is -0.121. The van der Waals surface area contributed by atoms with Crippen LogP contribution in [0.4, 0.5) is 5.69 Å². The Labute approximate surface area is 106 Å². The first-order valence-corrected chi connectivity index (χ1v) is 5.99. The van der Waals surface area contributed by atoms with E-state index in [0.29, 0.717) is 19.4 Å². The maximum absolute atomic E-state index is 12.0. The molecule has 2 amide bonds. The van der Waals surface area contributed by atoms with Crippen molar-refractivity contribution < 1.29 is 9.59 Å². The lowest BCUT2D eigenvalue weighted by Crippen LogP contribution is -2.44. The Kier molecular flexibility index (Phi) is 3.77. The fraction of sp³-hybridized carbons (Fsp3) is 0.286. The lowest BCUT2D eigenvalue weighted by atomic mass is 10.2. The van der Waals surface area contributed by atoms with Crippen LogP contribution in [0.5, 0.6) is 0 Å². The largest absolute Gasteiger partial charge is 0.351 e. The predicted octanol–water partition coefficient (Wildman–Crippen LogP) is 1.48. The van der Waals surface area contributed by atoms with Crippen LogP contribution in [-0.2, 0) is 9.59 Å². The number of rotatable bonds is 4. The fourth-order valence-electron chi connectivity index (χ4n) is 2.14. The summed E-state index contributed by atoms with van der Waals surface area (Å²) in [4.78, 5) is 25.5. The zero-order chi connectivity index (χ0) is 13.0.